The van der Waals surface area contributed by atoms with Gasteiger partial charge in [0.15, 0.2) is 11.6 Å². The molecule has 0 bridgehead atoms. The monoisotopic (exact) mass is 314 g/mol. The van der Waals surface area contributed by atoms with Crippen molar-refractivity contribution >= 4 is 11.6 Å². The van der Waals surface area contributed by atoms with Gasteiger partial charge in [-0.3, -0.25) is 4.68 Å². The van der Waals surface area contributed by atoms with Gasteiger partial charge < -0.3 is 5.11 Å². The molecule has 1 aromatic carbocycles. The van der Waals surface area contributed by atoms with E-state index in [0.717, 1.165) is 23.5 Å². The van der Waals surface area contributed by atoms with Crippen molar-refractivity contribution in [3.63, 3.8) is 0 Å². The molecule has 1 atom stereocenters. The molecule has 3 nitrogen and oxygen atoms in total. The molecule has 1 aromatic heterocycles. The quantitative estimate of drug-likeness (QED) is 0.921. The van der Waals surface area contributed by atoms with Crippen LogP contribution in [0.4, 0.5) is 8.78 Å². The Morgan fingerprint density at radius 3 is 2.57 bits per heavy atom. The van der Waals surface area contributed by atoms with Crippen molar-refractivity contribution in [3.8, 4) is 0 Å². The van der Waals surface area contributed by atoms with Gasteiger partial charge in [-0.25, -0.2) is 8.78 Å². The van der Waals surface area contributed by atoms with Crippen molar-refractivity contribution in [3.05, 3.63) is 51.8 Å². The predicted octanol–water partition coefficient (Wildman–Crippen LogP) is 3.06. The molecule has 2 aromatic rings. The zero-order valence-electron chi connectivity index (χ0n) is 11.9. The molecule has 0 saturated carbocycles. The lowest BCUT2D eigenvalue weighted by atomic mass is 10.0. The van der Waals surface area contributed by atoms with Crippen LogP contribution in [0.1, 0.15) is 23.9 Å². The van der Waals surface area contributed by atoms with Crippen LogP contribution in [-0.2, 0) is 26.3 Å². The summed E-state index contributed by atoms with van der Waals surface area (Å²) in [7, 11) is 1.77. The van der Waals surface area contributed by atoms with Gasteiger partial charge in [0.05, 0.1) is 22.5 Å². The Morgan fingerprint density at radius 2 is 2.00 bits per heavy atom. The summed E-state index contributed by atoms with van der Waals surface area (Å²) in [5, 5.41) is 15.0. The summed E-state index contributed by atoms with van der Waals surface area (Å²) in [5.41, 5.74) is 2.06. The highest BCUT2D eigenvalue weighted by Crippen LogP contribution is 2.23. The summed E-state index contributed by atoms with van der Waals surface area (Å²) in [6.07, 6.45) is 0.500. The SMILES string of the molecule is CCc1nn(C)c(CC(O)Cc2ccc(F)c(F)c2)c1Cl. The van der Waals surface area contributed by atoms with Crippen molar-refractivity contribution in [2.75, 3.05) is 0 Å². The van der Waals surface area contributed by atoms with Crippen LogP contribution in [-0.4, -0.2) is 21.0 Å². The molecule has 2 rings (SSSR count). The maximum Gasteiger partial charge on any atom is 0.159 e. The fraction of sp³-hybridized carbons (Fsp3) is 0.400. The van der Waals surface area contributed by atoms with Crippen molar-refractivity contribution in [1.82, 2.24) is 9.78 Å². The third-order valence-electron chi connectivity index (χ3n) is 3.39. The average molecular weight is 315 g/mol. The maximum absolute atomic E-state index is 13.1. The van der Waals surface area contributed by atoms with Crippen molar-refractivity contribution < 1.29 is 13.9 Å². The Labute approximate surface area is 127 Å². The second-order valence-corrected chi connectivity index (χ2v) is 5.37. The third-order valence-corrected chi connectivity index (χ3v) is 3.82. The predicted molar refractivity (Wildman–Crippen MR) is 77.4 cm³/mol. The lowest BCUT2D eigenvalue weighted by Crippen LogP contribution is -2.16. The van der Waals surface area contributed by atoms with E-state index in [9.17, 15) is 13.9 Å². The minimum absolute atomic E-state index is 0.222. The molecule has 1 N–H and O–H groups in total. The summed E-state index contributed by atoms with van der Waals surface area (Å²) < 4.78 is 27.7. The molecule has 0 amide bonds. The first-order valence-electron chi connectivity index (χ1n) is 6.74. The number of benzene rings is 1. The van der Waals surface area contributed by atoms with E-state index in [4.69, 9.17) is 11.6 Å². The fourth-order valence-electron chi connectivity index (χ4n) is 2.28. The van der Waals surface area contributed by atoms with E-state index in [-0.39, 0.29) is 6.42 Å². The average Bonchev–Trinajstić information content (AvgIpc) is 2.70. The summed E-state index contributed by atoms with van der Waals surface area (Å²) in [6.45, 7) is 1.95. The smallest absolute Gasteiger partial charge is 0.159 e. The number of aromatic nitrogens is 2. The molecule has 1 unspecified atom stereocenters. The number of aliphatic hydroxyl groups excluding tert-OH is 1. The van der Waals surface area contributed by atoms with Crippen LogP contribution in [0, 0.1) is 11.6 Å². The van der Waals surface area contributed by atoms with E-state index < -0.39 is 17.7 Å². The normalized spacial score (nSPS) is 12.7. The summed E-state index contributed by atoms with van der Waals surface area (Å²) in [4.78, 5) is 0. The molecule has 21 heavy (non-hydrogen) atoms. The highest BCUT2D eigenvalue weighted by molar-refractivity contribution is 6.31. The largest absolute Gasteiger partial charge is 0.392 e. The summed E-state index contributed by atoms with van der Waals surface area (Å²) in [5.74, 6) is -1.80. The molecule has 114 valence electrons. The number of hydrogen-bond acceptors (Lipinski definition) is 2. The van der Waals surface area contributed by atoms with E-state index in [1.807, 2.05) is 6.92 Å². The van der Waals surface area contributed by atoms with Crippen molar-refractivity contribution in [1.29, 1.82) is 0 Å². The lowest BCUT2D eigenvalue weighted by Gasteiger charge is -2.11. The number of rotatable bonds is 5. The topological polar surface area (TPSA) is 38.0 Å². The first-order chi connectivity index (χ1) is 9.92. The Hall–Kier alpha value is -1.46. The number of hydrogen-bond donors (Lipinski definition) is 1. The van der Waals surface area contributed by atoms with E-state index in [1.54, 1.807) is 11.7 Å². The minimum atomic E-state index is -0.911. The lowest BCUT2D eigenvalue weighted by molar-refractivity contribution is 0.172. The molecule has 0 aliphatic heterocycles. The standard InChI is InChI=1S/C15H17ClF2N2O/c1-3-13-15(16)14(20(2)19-13)8-10(21)6-9-4-5-11(17)12(18)7-9/h4-5,7,10,21H,3,6,8H2,1-2H3. The molecule has 0 saturated heterocycles. The van der Waals surface area contributed by atoms with E-state index in [1.165, 1.54) is 6.07 Å². The summed E-state index contributed by atoms with van der Waals surface area (Å²) in [6, 6.07) is 3.62. The number of nitrogens with zero attached hydrogens (tertiary/aromatic N) is 2. The molecule has 6 heteroatoms. The molecule has 0 radical (unpaired) electrons. The van der Waals surface area contributed by atoms with E-state index >= 15 is 0 Å². The van der Waals surface area contributed by atoms with Gasteiger partial charge in [0.2, 0.25) is 0 Å². The van der Waals surface area contributed by atoms with Gasteiger partial charge in [0.25, 0.3) is 0 Å². The fourth-order valence-corrected chi connectivity index (χ4v) is 2.65. The molecule has 0 aliphatic carbocycles. The Balaban J connectivity index is 2.09. The third kappa shape index (κ3) is 3.60. The van der Waals surface area contributed by atoms with Crippen LogP contribution in [0.5, 0.6) is 0 Å². The Bertz CT molecular complexity index is 643. The van der Waals surface area contributed by atoms with Gasteiger partial charge in [0.1, 0.15) is 0 Å². The maximum atomic E-state index is 13.1. The van der Waals surface area contributed by atoms with Crippen LogP contribution in [0.15, 0.2) is 18.2 Å². The van der Waals surface area contributed by atoms with E-state index in [2.05, 4.69) is 5.10 Å². The second kappa shape index (κ2) is 6.54. The molecule has 0 spiro atoms. The summed E-state index contributed by atoms with van der Waals surface area (Å²) >= 11 is 6.22. The second-order valence-electron chi connectivity index (χ2n) is 5.00. The first kappa shape index (κ1) is 15.9. The van der Waals surface area contributed by atoms with Crippen LogP contribution in [0.25, 0.3) is 0 Å². The number of halogens is 3. The molecule has 0 fully saturated rings. The van der Waals surface area contributed by atoms with E-state index in [0.29, 0.717) is 23.4 Å². The Morgan fingerprint density at radius 1 is 1.29 bits per heavy atom. The Kier molecular flexibility index (Phi) is 4.96. The van der Waals surface area contributed by atoms with Gasteiger partial charge in [-0.15, -0.1) is 0 Å². The van der Waals surface area contributed by atoms with Crippen LogP contribution in [0.3, 0.4) is 0 Å². The molecule has 0 aliphatic rings. The highest BCUT2D eigenvalue weighted by Gasteiger charge is 2.17. The van der Waals surface area contributed by atoms with Gasteiger partial charge >= 0.3 is 0 Å². The highest BCUT2D eigenvalue weighted by atomic mass is 35.5. The van der Waals surface area contributed by atoms with Gasteiger partial charge in [-0.05, 0) is 30.5 Å². The minimum Gasteiger partial charge on any atom is -0.392 e. The van der Waals surface area contributed by atoms with Crippen LogP contribution in [0.2, 0.25) is 5.02 Å². The van der Waals surface area contributed by atoms with Crippen molar-refractivity contribution in [2.24, 2.45) is 7.05 Å². The van der Waals surface area contributed by atoms with Crippen LogP contribution >= 0.6 is 11.6 Å². The number of aliphatic hydroxyl groups is 1. The first-order valence-corrected chi connectivity index (χ1v) is 7.12. The molecular formula is C15H17ClF2N2O. The number of aryl methyl sites for hydroxylation is 2. The van der Waals surface area contributed by atoms with Crippen molar-refractivity contribution in [2.45, 2.75) is 32.3 Å². The van der Waals surface area contributed by atoms with Crippen LogP contribution < -0.4 is 0 Å². The zero-order valence-corrected chi connectivity index (χ0v) is 12.7. The molecular weight excluding hydrogens is 298 g/mol. The van der Waals surface area contributed by atoms with Gasteiger partial charge in [-0.2, -0.15) is 5.10 Å². The zero-order chi connectivity index (χ0) is 15.6. The van der Waals surface area contributed by atoms with Gasteiger partial charge in [-0.1, -0.05) is 24.6 Å². The van der Waals surface area contributed by atoms with Gasteiger partial charge in [0, 0.05) is 13.5 Å². The molecule has 1 heterocycles.